The molecule has 7 N–H and O–H groups in total. The first-order chi connectivity index (χ1) is 39.1. The van der Waals surface area contributed by atoms with Crippen molar-refractivity contribution >= 4 is 122 Å². The highest BCUT2D eigenvalue weighted by molar-refractivity contribution is 9.10. The van der Waals surface area contributed by atoms with Crippen molar-refractivity contribution in [2.24, 2.45) is 11.5 Å². The first-order valence-corrected chi connectivity index (χ1v) is 39.5. The van der Waals surface area contributed by atoms with Gasteiger partial charge in [0.15, 0.2) is 25.0 Å². The number of carbonyl (C=O) groups excluding carboxylic acids is 1. The molecule has 3 heterocycles. The number of rotatable bonds is 18. The number of aromatic nitrogens is 2. The van der Waals surface area contributed by atoms with Crippen molar-refractivity contribution in [1.82, 2.24) is 19.8 Å². The Morgan fingerprint density at radius 2 is 1.00 bits per heavy atom. The molecule has 0 saturated carbocycles. The first-order valence-electron chi connectivity index (χ1n) is 27.7. The second kappa shape index (κ2) is 32.6. The van der Waals surface area contributed by atoms with Gasteiger partial charge in [-0.25, -0.2) is 22.4 Å². The number of nitrogens with one attached hydrogen (secondary N) is 2. The summed E-state index contributed by atoms with van der Waals surface area (Å²) in [5.41, 5.74) is 16.6. The van der Waals surface area contributed by atoms with Crippen LogP contribution in [0.5, 0.6) is 0 Å². The Bertz CT molecular complexity index is 3180. The number of benzene rings is 4. The Balaban J connectivity index is 0.000000311. The largest absolute Gasteiger partial charge is 0.415 e. The van der Waals surface area contributed by atoms with Crippen molar-refractivity contribution in [3.05, 3.63) is 183 Å². The van der Waals surface area contributed by atoms with Crippen molar-refractivity contribution < 1.29 is 40.7 Å². The van der Waals surface area contributed by atoms with Gasteiger partial charge in [0.2, 0.25) is 0 Å². The number of nitrogens with two attached hydrogens (primary N) is 2. The quantitative estimate of drug-likeness (QED) is 0.0421. The molecule has 478 valence electrons. The van der Waals surface area contributed by atoms with Crippen LogP contribution in [-0.2, 0) is 26.4 Å². The first kappa shape index (κ1) is 77.7. The molecule has 0 fully saturated rings. The van der Waals surface area contributed by atoms with E-state index in [1.54, 1.807) is 52.1 Å². The molecule has 0 saturated heterocycles. The average Bonchev–Trinajstić information content (AvgIpc) is 1.84. The van der Waals surface area contributed by atoms with E-state index in [-0.39, 0.29) is 78.4 Å². The molecule has 7 rings (SSSR count). The summed E-state index contributed by atoms with van der Waals surface area (Å²) in [6, 6.07) is 20.8. The zero-order valence-electron chi connectivity index (χ0n) is 51.6. The Morgan fingerprint density at radius 3 is 1.41 bits per heavy atom. The lowest BCUT2D eigenvalue weighted by Crippen LogP contribution is -2.44. The van der Waals surface area contributed by atoms with Crippen LogP contribution in [0.25, 0.3) is 0 Å². The van der Waals surface area contributed by atoms with E-state index in [4.69, 9.17) is 76.3 Å². The van der Waals surface area contributed by atoms with Gasteiger partial charge in [-0.15, -0.1) is 12.4 Å². The number of H-pyrrole nitrogens is 1. The molecule has 1 aliphatic rings. The van der Waals surface area contributed by atoms with Crippen molar-refractivity contribution in [3.8, 4) is 0 Å². The maximum atomic E-state index is 13.7. The van der Waals surface area contributed by atoms with Crippen molar-refractivity contribution in [2.75, 3.05) is 26.4 Å². The lowest BCUT2D eigenvalue weighted by Gasteiger charge is -2.38. The number of aromatic amines is 1. The Hall–Kier alpha value is -2.59. The molecule has 11 nitrogen and oxygen atoms in total. The molecule has 4 atom stereocenters. The predicted molar refractivity (Wildman–Crippen MR) is 363 cm³/mol. The van der Waals surface area contributed by atoms with E-state index >= 15 is 0 Å². The van der Waals surface area contributed by atoms with Crippen LogP contribution in [0.1, 0.15) is 120 Å². The molecule has 2 aromatic heterocycles. The van der Waals surface area contributed by atoms with Gasteiger partial charge in [-0.2, -0.15) is 0 Å². The number of carbonyl (C=O) groups is 1. The monoisotopic (exact) mass is 1470 g/mol. The van der Waals surface area contributed by atoms with E-state index in [9.17, 15) is 22.4 Å². The lowest BCUT2D eigenvalue weighted by atomic mass is 10.1. The van der Waals surface area contributed by atoms with Gasteiger partial charge in [-0.05, 0) is 169 Å². The average molecular weight is 1480 g/mol. The maximum Gasteiger partial charge on any atom is 0.329 e. The standard InChI is InChI=1S/C20H25BrClFN2O2Si.C19H27BrClFN2OSi.C14H23ClFNOSi.C8H9ClFNO.ClH/c1-20(2,3)28(4,5)27-12-18(13-6-7-17(23)16(22)8-13)25-11-15-9-14(21)10-24(15)19(25)26;1-19(2,3)26(4,5)25-12-18(13-6-7-17(22)16(21)8-13)24-11-15-9-14(20)10-23-15;1-14(2,3)19(4,5)18-9-13(17)10-6-7-12(16)11(15)8-10;9-6-3-5(8(11)4-12)1-2-7(6)10;/h6-10,18H,11-12H2,1-5H3;6-10,18,23-24H,11-12H2,1-5H3;6-8,13H,9,17H2,1-5H3;1-3,8,12H,4,11H2;1H/t2*18-;13-;8-;/m1111./s1. The number of aliphatic hydroxyl groups is 1. The van der Waals surface area contributed by atoms with Crippen LogP contribution in [0.4, 0.5) is 22.4 Å². The zero-order chi connectivity index (χ0) is 64.4. The molecule has 4 aromatic carbocycles. The van der Waals surface area contributed by atoms with E-state index in [2.05, 4.69) is 144 Å². The van der Waals surface area contributed by atoms with Gasteiger partial charge in [0, 0.05) is 39.3 Å². The van der Waals surface area contributed by atoms with E-state index in [0.717, 1.165) is 37.0 Å². The molecule has 0 bridgehead atoms. The van der Waals surface area contributed by atoms with Gasteiger partial charge < -0.3 is 45.1 Å². The summed E-state index contributed by atoms with van der Waals surface area (Å²) in [6.07, 6.45) is 3.66. The molecule has 25 heteroatoms. The fourth-order valence-corrected chi connectivity index (χ4v) is 12.1. The fraction of sp³-hybridized carbons (Fsp3) is 0.459. The maximum absolute atomic E-state index is 13.7. The summed E-state index contributed by atoms with van der Waals surface area (Å²) >= 11 is 30.1. The number of halogens is 11. The van der Waals surface area contributed by atoms with Crippen molar-refractivity contribution in [2.45, 2.75) is 154 Å². The van der Waals surface area contributed by atoms with Gasteiger partial charge in [-0.3, -0.25) is 4.57 Å². The molecular weight excluding hydrogens is 1390 g/mol. The molecule has 6 aromatic rings. The third kappa shape index (κ3) is 22.1. The summed E-state index contributed by atoms with van der Waals surface area (Å²) in [5, 5.41) is 12.8. The molecule has 0 spiro atoms. The predicted octanol–water partition coefficient (Wildman–Crippen LogP) is 19.4. The molecule has 0 radical (unpaired) electrons. The van der Waals surface area contributed by atoms with Crippen LogP contribution in [0, 0.1) is 23.3 Å². The van der Waals surface area contributed by atoms with Crippen LogP contribution < -0.4 is 16.8 Å². The minimum absolute atomic E-state index is 0. The van der Waals surface area contributed by atoms with Gasteiger partial charge in [0.1, 0.15) is 23.3 Å². The van der Waals surface area contributed by atoms with Gasteiger partial charge in [0.25, 0.3) is 0 Å². The third-order valence-corrected chi connectivity index (χ3v) is 31.7. The lowest BCUT2D eigenvalue weighted by molar-refractivity contribution is 0.144. The van der Waals surface area contributed by atoms with Crippen molar-refractivity contribution in [3.63, 3.8) is 0 Å². The second-order valence-electron chi connectivity index (χ2n) is 25.5. The van der Waals surface area contributed by atoms with Gasteiger partial charge in [0.05, 0.1) is 77.2 Å². The van der Waals surface area contributed by atoms with E-state index in [0.29, 0.717) is 38.5 Å². The van der Waals surface area contributed by atoms with Crippen LogP contribution in [0.2, 0.25) is 74.5 Å². The normalized spacial score (nSPS) is 14.4. The number of aliphatic hydroxyl groups excluding tert-OH is 1. The molecule has 0 aliphatic carbocycles. The second-order valence-corrected chi connectivity index (χ2v) is 43.4. The van der Waals surface area contributed by atoms with Gasteiger partial charge >= 0.3 is 6.03 Å². The smallest absolute Gasteiger partial charge is 0.329 e. The Morgan fingerprint density at radius 1 is 0.605 bits per heavy atom. The van der Waals surface area contributed by atoms with Gasteiger partial charge in [-0.1, -0.05) is 133 Å². The highest BCUT2D eigenvalue weighted by Gasteiger charge is 2.41. The summed E-state index contributed by atoms with van der Waals surface area (Å²) in [4.78, 5) is 18.0. The van der Waals surface area contributed by atoms with E-state index < -0.39 is 54.3 Å². The van der Waals surface area contributed by atoms with Crippen LogP contribution in [-0.4, -0.2) is 77.0 Å². The SMILES string of the molecule is CC(C)(C)[Si](C)(C)OC[C@@H](N)c1ccc(F)c(Cl)c1.CC(C)(C)[Si](C)(C)OC[C@@H](NCc1cc(Br)c[nH]1)c1ccc(F)c(Cl)c1.CC(C)(C)[Si](C)(C)OC[C@H](c1ccc(F)c(Cl)c1)N1Cc2cc(Br)cn2C1=O.Cl.N[C@H](CO)c1ccc(F)c(Cl)c1. The summed E-state index contributed by atoms with van der Waals surface area (Å²) in [5.74, 6) is -1.79. The number of hydrogen-bond donors (Lipinski definition) is 5. The Labute approximate surface area is 553 Å². The summed E-state index contributed by atoms with van der Waals surface area (Å²) in [6.45, 7) is 35.1. The minimum atomic E-state index is -2.03. The zero-order valence-corrected chi connectivity index (χ0v) is 61.6. The van der Waals surface area contributed by atoms with Crippen LogP contribution in [0.15, 0.2) is 106 Å². The molecule has 1 aliphatic heterocycles. The number of hydrogen-bond acceptors (Lipinski definition) is 8. The van der Waals surface area contributed by atoms with Crippen LogP contribution >= 0.6 is 90.7 Å². The third-order valence-electron chi connectivity index (χ3n) is 16.1. The van der Waals surface area contributed by atoms with E-state index in [1.807, 2.05) is 18.3 Å². The highest BCUT2D eigenvalue weighted by Crippen LogP contribution is 2.41. The fourth-order valence-electron chi connectivity index (χ4n) is 7.44. The highest BCUT2D eigenvalue weighted by atomic mass is 79.9. The molecule has 0 unspecified atom stereocenters. The summed E-state index contributed by atoms with van der Waals surface area (Å²) < 4.78 is 75.4. The molecular formula is C61H85Br2Cl5F4N6O5Si3. The summed E-state index contributed by atoms with van der Waals surface area (Å²) in [7, 11) is -5.73. The van der Waals surface area contributed by atoms with E-state index in [1.165, 1.54) is 36.4 Å². The Kier molecular flexibility index (Phi) is 29.4. The molecule has 1 amide bonds. The van der Waals surface area contributed by atoms with Crippen LogP contribution in [0.3, 0.4) is 0 Å². The van der Waals surface area contributed by atoms with Crippen molar-refractivity contribution in [1.29, 1.82) is 0 Å². The molecule has 86 heavy (non-hydrogen) atoms. The topological polar surface area (TPSA) is 153 Å². The minimum Gasteiger partial charge on any atom is -0.415 e. The number of nitrogens with zero attached hydrogens (tertiary/aromatic N) is 2. The number of fused-ring (bicyclic) bond motifs is 1. The number of amides is 1.